The molecule has 2 heterocycles. The van der Waals surface area contributed by atoms with Crippen molar-refractivity contribution >= 4 is 13.9 Å². The summed E-state index contributed by atoms with van der Waals surface area (Å²) in [4.78, 5) is 9.08. The average molecular weight is 390 g/mol. The number of rotatable bonds is 2. The van der Waals surface area contributed by atoms with Gasteiger partial charge in [0, 0.05) is 22.5 Å². The van der Waals surface area contributed by atoms with Crippen LogP contribution >= 0.6 is 0 Å². The molecule has 0 fully saturated rings. The largest absolute Gasteiger partial charge is 0.383 e. The third kappa shape index (κ3) is 4.65. The lowest BCUT2D eigenvalue weighted by atomic mass is 9.97. The van der Waals surface area contributed by atoms with Gasteiger partial charge in [-0.15, -0.1) is 5.54 Å². The number of nitrogens with zero attached hydrogens (tertiary/aromatic N) is 2. The lowest BCUT2D eigenvalue weighted by Gasteiger charge is -2.13. The maximum absolute atomic E-state index is 13.9. The van der Waals surface area contributed by atoms with Crippen LogP contribution < -0.4 is 5.73 Å². The van der Waals surface area contributed by atoms with E-state index in [-0.39, 0.29) is 5.82 Å². The molecule has 0 aliphatic rings. The van der Waals surface area contributed by atoms with Crippen LogP contribution in [0.5, 0.6) is 0 Å². The van der Waals surface area contributed by atoms with Crippen molar-refractivity contribution in [2.45, 2.75) is 33.5 Å². The number of hydrogen-bond donors (Lipinski definition) is 1. The minimum Gasteiger partial charge on any atom is -0.383 e. The fraction of sp³-hybridized carbons (Fsp3) is 0.217. The third-order valence-electron chi connectivity index (χ3n) is 4.11. The molecule has 0 saturated carbocycles. The number of nitrogen functional groups attached to an aromatic ring is 1. The zero-order chi connectivity index (χ0) is 20.5. The highest BCUT2D eigenvalue weighted by molar-refractivity contribution is 6.83. The summed E-state index contributed by atoms with van der Waals surface area (Å²) in [7, 11) is -1.57. The maximum Gasteiger partial charge on any atom is 0.139 e. The van der Waals surface area contributed by atoms with E-state index in [2.05, 4.69) is 41.1 Å². The SMILES string of the molecule is Cc1cc(-c2cc(C#C[Si](C)(C)C)c(N)nc2-c2cccc(F)c2)cc(C)n1. The fourth-order valence-corrected chi connectivity index (χ4v) is 3.46. The molecule has 0 unspecified atom stereocenters. The summed E-state index contributed by atoms with van der Waals surface area (Å²) in [5, 5.41) is 0. The van der Waals surface area contributed by atoms with Crippen LogP contribution in [0.25, 0.3) is 22.4 Å². The zero-order valence-corrected chi connectivity index (χ0v) is 17.9. The molecule has 0 amide bonds. The Morgan fingerprint density at radius 1 is 0.929 bits per heavy atom. The van der Waals surface area contributed by atoms with Crippen molar-refractivity contribution in [1.82, 2.24) is 9.97 Å². The first-order valence-corrected chi connectivity index (χ1v) is 12.7. The van der Waals surface area contributed by atoms with Gasteiger partial charge in [-0.25, -0.2) is 9.37 Å². The lowest BCUT2D eigenvalue weighted by Crippen LogP contribution is -2.16. The van der Waals surface area contributed by atoms with Crippen LogP contribution in [0.2, 0.25) is 19.6 Å². The van der Waals surface area contributed by atoms with E-state index >= 15 is 0 Å². The van der Waals surface area contributed by atoms with Crippen molar-refractivity contribution in [3.05, 3.63) is 65.2 Å². The number of hydrogen-bond acceptors (Lipinski definition) is 3. The molecular weight excluding hydrogens is 365 g/mol. The number of anilines is 1. The molecule has 3 aromatic rings. The monoisotopic (exact) mass is 389 g/mol. The van der Waals surface area contributed by atoms with Gasteiger partial charge >= 0.3 is 0 Å². The molecule has 3 rings (SSSR count). The van der Waals surface area contributed by atoms with Crippen LogP contribution in [0.1, 0.15) is 17.0 Å². The summed E-state index contributed by atoms with van der Waals surface area (Å²) in [6.07, 6.45) is 0. The van der Waals surface area contributed by atoms with Gasteiger partial charge in [0.15, 0.2) is 0 Å². The fourth-order valence-electron chi connectivity index (χ4n) is 2.95. The van der Waals surface area contributed by atoms with Crippen LogP contribution in [-0.2, 0) is 0 Å². The highest BCUT2D eigenvalue weighted by Crippen LogP contribution is 2.34. The number of aromatic nitrogens is 2. The van der Waals surface area contributed by atoms with E-state index in [1.54, 1.807) is 6.07 Å². The summed E-state index contributed by atoms with van der Waals surface area (Å²) in [5.41, 5.74) is 15.2. The second-order valence-electron chi connectivity index (χ2n) is 7.97. The molecular formula is C23H24FN3Si. The van der Waals surface area contributed by atoms with Gasteiger partial charge in [0.05, 0.1) is 11.3 Å². The Balaban J connectivity index is 2.29. The predicted molar refractivity (Wildman–Crippen MR) is 117 cm³/mol. The van der Waals surface area contributed by atoms with E-state index in [9.17, 15) is 4.39 Å². The van der Waals surface area contributed by atoms with E-state index in [0.717, 1.165) is 22.5 Å². The van der Waals surface area contributed by atoms with Crippen LogP contribution in [0.15, 0.2) is 42.5 Å². The first-order chi connectivity index (χ1) is 13.1. The van der Waals surface area contributed by atoms with Gasteiger partial charge in [-0.05, 0) is 49.7 Å². The number of nitrogens with two attached hydrogens (primary N) is 1. The Kier molecular flexibility index (Phi) is 5.35. The molecule has 0 aliphatic carbocycles. The maximum atomic E-state index is 13.9. The normalized spacial score (nSPS) is 11.1. The summed E-state index contributed by atoms with van der Waals surface area (Å²) < 4.78 is 13.9. The molecule has 2 N–H and O–H groups in total. The van der Waals surface area contributed by atoms with Crippen molar-refractivity contribution in [3.8, 4) is 33.8 Å². The molecule has 0 spiro atoms. The molecule has 5 heteroatoms. The Labute approximate surface area is 166 Å². The molecule has 0 atom stereocenters. The Bertz CT molecular complexity index is 1080. The van der Waals surface area contributed by atoms with Gasteiger partial charge < -0.3 is 5.73 Å². The van der Waals surface area contributed by atoms with Crippen LogP contribution in [0.3, 0.4) is 0 Å². The Hall–Kier alpha value is -2.97. The first kappa shape index (κ1) is 19.8. The van der Waals surface area contributed by atoms with E-state index in [1.807, 2.05) is 38.1 Å². The van der Waals surface area contributed by atoms with Crippen LogP contribution in [0, 0.1) is 31.1 Å². The highest BCUT2D eigenvalue weighted by Gasteiger charge is 2.15. The van der Waals surface area contributed by atoms with Gasteiger partial charge in [0.25, 0.3) is 0 Å². The van der Waals surface area contributed by atoms with Gasteiger partial charge in [0.2, 0.25) is 0 Å². The van der Waals surface area contributed by atoms with Gasteiger partial charge in [-0.1, -0.05) is 37.7 Å². The van der Waals surface area contributed by atoms with Crippen molar-refractivity contribution in [2.24, 2.45) is 0 Å². The average Bonchev–Trinajstić information content (AvgIpc) is 2.58. The molecule has 0 radical (unpaired) electrons. The quantitative estimate of drug-likeness (QED) is 0.473. The number of benzene rings is 1. The summed E-state index contributed by atoms with van der Waals surface area (Å²) >= 11 is 0. The van der Waals surface area contributed by atoms with Crippen molar-refractivity contribution < 1.29 is 4.39 Å². The van der Waals surface area contributed by atoms with Gasteiger partial charge in [-0.3, -0.25) is 4.98 Å². The summed E-state index contributed by atoms with van der Waals surface area (Å²) in [6.45, 7) is 10.5. The number of halogens is 1. The molecule has 0 aliphatic heterocycles. The minimum absolute atomic E-state index is 0.312. The highest BCUT2D eigenvalue weighted by atomic mass is 28.3. The molecule has 1 aromatic carbocycles. The van der Waals surface area contributed by atoms with E-state index < -0.39 is 8.07 Å². The smallest absolute Gasteiger partial charge is 0.139 e. The molecule has 0 saturated heterocycles. The lowest BCUT2D eigenvalue weighted by molar-refractivity contribution is 0.628. The molecule has 0 bridgehead atoms. The van der Waals surface area contributed by atoms with Crippen molar-refractivity contribution in [2.75, 3.05) is 5.73 Å². The Morgan fingerprint density at radius 3 is 2.21 bits per heavy atom. The summed E-state index contributed by atoms with van der Waals surface area (Å²) in [6, 6.07) is 12.4. The topological polar surface area (TPSA) is 51.8 Å². The second kappa shape index (κ2) is 7.57. The number of aryl methyl sites for hydroxylation is 2. The third-order valence-corrected chi connectivity index (χ3v) is 4.99. The van der Waals surface area contributed by atoms with E-state index in [4.69, 9.17) is 5.73 Å². The van der Waals surface area contributed by atoms with Crippen LogP contribution in [0.4, 0.5) is 10.2 Å². The van der Waals surface area contributed by atoms with E-state index in [1.165, 1.54) is 12.1 Å². The van der Waals surface area contributed by atoms with Gasteiger partial charge in [-0.2, -0.15) is 0 Å². The standard InChI is InChI=1S/C23H24FN3Si/c1-15-11-19(12-16(2)26-15)21-14-18(9-10-28(3,4)5)23(25)27-22(21)17-7-6-8-20(24)13-17/h6-8,11-14H,1-5H3,(H2,25,27). The predicted octanol–water partition coefficient (Wildman–Crippen LogP) is 5.38. The van der Waals surface area contributed by atoms with Crippen molar-refractivity contribution in [1.29, 1.82) is 0 Å². The van der Waals surface area contributed by atoms with Crippen LogP contribution in [-0.4, -0.2) is 18.0 Å². The molecule has 3 nitrogen and oxygen atoms in total. The second-order valence-corrected chi connectivity index (χ2v) is 12.7. The first-order valence-electron chi connectivity index (χ1n) is 9.18. The summed E-state index contributed by atoms with van der Waals surface area (Å²) in [5.74, 6) is 3.26. The molecule has 28 heavy (non-hydrogen) atoms. The van der Waals surface area contributed by atoms with E-state index in [0.29, 0.717) is 22.6 Å². The zero-order valence-electron chi connectivity index (χ0n) is 16.9. The molecule has 2 aromatic heterocycles. The Morgan fingerprint density at radius 2 is 1.61 bits per heavy atom. The number of pyridine rings is 2. The van der Waals surface area contributed by atoms with Gasteiger partial charge in [0.1, 0.15) is 19.7 Å². The minimum atomic E-state index is -1.57. The van der Waals surface area contributed by atoms with Crippen molar-refractivity contribution in [3.63, 3.8) is 0 Å². The molecule has 142 valence electrons.